The minimum absolute atomic E-state index is 0.0374. The van der Waals surface area contributed by atoms with Gasteiger partial charge in [-0.25, -0.2) is 9.59 Å². The molecule has 1 aliphatic rings. The van der Waals surface area contributed by atoms with Gasteiger partial charge < -0.3 is 19.3 Å². The van der Waals surface area contributed by atoms with Crippen molar-refractivity contribution in [2.75, 3.05) is 7.11 Å². The number of phenolic OH excluding ortho intramolecular Hbond substituents is 1. The molecule has 1 saturated heterocycles. The molecule has 1 fully saturated rings. The number of aromatic hydroxyl groups is 1. The highest BCUT2D eigenvalue weighted by atomic mass is 16.7. The van der Waals surface area contributed by atoms with E-state index < -0.39 is 17.7 Å². The number of hydrogen-bond acceptors (Lipinski definition) is 6. The molecule has 0 atom stereocenters. The smallest absolute Gasteiger partial charge is 0.348 e. The molecule has 1 aromatic carbocycles. The second-order valence-corrected chi connectivity index (χ2v) is 4.67. The third-order valence-corrected chi connectivity index (χ3v) is 2.63. The van der Waals surface area contributed by atoms with Crippen molar-refractivity contribution in [1.82, 2.24) is 0 Å². The summed E-state index contributed by atoms with van der Waals surface area (Å²) in [6.45, 7) is 2.95. The van der Waals surface area contributed by atoms with E-state index >= 15 is 0 Å². The lowest BCUT2D eigenvalue weighted by molar-refractivity contribution is -0.222. The number of benzene rings is 1. The molecule has 1 aromatic rings. The Balaban J connectivity index is 2.35. The van der Waals surface area contributed by atoms with Crippen molar-refractivity contribution in [3.63, 3.8) is 0 Å². The molecule has 0 radical (unpaired) electrons. The number of ether oxygens (including phenoxy) is 3. The Hall–Kier alpha value is -2.50. The van der Waals surface area contributed by atoms with Crippen LogP contribution in [0.2, 0.25) is 0 Å². The molecule has 20 heavy (non-hydrogen) atoms. The average Bonchev–Trinajstić information content (AvgIpc) is 2.34. The first-order valence-corrected chi connectivity index (χ1v) is 5.88. The molecule has 2 rings (SSSR count). The van der Waals surface area contributed by atoms with Gasteiger partial charge in [0.1, 0.15) is 5.57 Å². The molecule has 0 unspecified atom stereocenters. The van der Waals surface area contributed by atoms with E-state index in [9.17, 15) is 14.7 Å². The number of carbonyl (C=O) groups is 2. The van der Waals surface area contributed by atoms with Crippen LogP contribution in [0.4, 0.5) is 0 Å². The minimum Gasteiger partial charge on any atom is -0.504 e. The maximum absolute atomic E-state index is 11.8. The normalized spacial score (nSPS) is 17.2. The molecule has 6 heteroatoms. The minimum atomic E-state index is -1.27. The molecule has 0 bridgehead atoms. The largest absolute Gasteiger partial charge is 0.504 e. The van der Waals surface area contributed by atoms with Gasteiger partial charge in [0.15, 0.2) is 11.5 Å². The van der Waals surface area contributed by atoms with E-state index in [1.54, 1.807) is 0 Å². The Labute approximate surface area is 115 Å². The number of hydrogen-bond donors (Lipinski definition) is 1. The summed E-state index contributed by atoms with van der Waals surface area (Å²) in [6.07, 6.45) is 1.32. The third kappa shape index (κ3) is 2.74. The lowest BCUT2D eigenvalue weighted by atomic mass is 10.1. The van der Waals surface area contributed by atoms with Gasteiger partial charge in [0.2, 0.25) is 0 Å². The number of methoxy groups -OCH3 is 1. The van der Waals surface area contributed by atoms with Crippen molar-refractivity contribution in [1.29, 1.82) is 0 Å². The van der Waals surface area contributed by atoms with Crippen LogP contribution < -0.4 is 4.74 Å². The molecule has 106 valence electrons. The molecule has 1 N–H and O–H groups in total. The van der Waals surface area contributed by atoms with Crippen LogP contribution in [-0.2, 0) is 19.1 Å². The number of esters is 2. The zero-order valence-electron chi connectivity index (χ0n) is 11.3. The van der Waals surface area contributed by atoms with E-state index in [-0.39, 0.29) is 17.1 Å². The highest BCUT2D eigenvalue weighted by molar-refractivity contribution is 6.18. The van der Waals surface area contributed by atoms with Crippen LogP contribution >= 0.6 is 0 Å². The number of cyclic esters (lactones) is 2. The standard InChI is InChI=1S/C14H14O6/c1-14(2)19-12(16)9(13(17)20-14)6-8-4-5-10(15)11(7-8)18-3/h4-7,15H,1-3H3. The Morgan fingerprint density at radius 3 is 2.35 bits per heavy atom. The average molecular weight is 278 g/mol. The van der Waals surface area contributed by atoms with Crippen molar-refractivity contribution < 1.29 is 28.9 Å². The van der Waals surface area contributed by atoms with E-state index in [4.69, 9.17) is 14.2 Å². The van der Waals surface area contributed by atoms with Crippen molar-refractivity contribution in [2.45, 2.75) is 19.6 Å². The molecule has 0 spiro atoms. The number of carbonyl (C=O) groups excluding carboxylic acids is 2. The Kier molecular flexibility index (Phi) is 3.40. The summed E-state index contributed by atoms with van der Waals surface area (Å²) in [4.78, 5) is 23.5. The third-order valence-electron chi connectivity index (χ3n) is 2.63. The maximum atomic E-state index is 11.8. The summed E-state index contributed by atoms with van der Waals surface area (Å²) in [7, 11) is 1.40. The fraction of sp³-hybridized carbons (Fsp3) is 0.286. The molecular formula is C14H14O6. The van der Waals surface area contributed by atoms with Crippen molar-refractivity contribution >= 4 is 18.0 Å². The van der Waals surface area contributed by atoms with E-state index in [2.05, 4.69) is 0 Å². The maximum Gasteiger partial charge on any atom is 0.348 e. The van der Waals surface area contributed by atoms with Gasteiger partial charge in [-0.15, -0.1) is 0 Å². The molecule has 6 nitrogen and oxygen atoms in total. The van der Waals surface area contributed by atoms with Gasteiger partial charge in [-0.05, 0) is 23.8 Å². The molecule has 0 aromatic heterocycles. The van der Waals surface area contributed by atoms with Crippen molar-refractivity contribution in [2.24, 2.45) is 0 Å². The lowest BCUT2D eigenvalue weighted by Crippen LogP contribution is -2.41. The van der Waals surface area contributed by atoms with Crippen LogP contribution in [0.3, 0.4) is 0 Å². The zero-order chi connectivity index (χ0) is 14.9. The highest BCUT2D eigenvalue weighted by Crippen LogP contribution is 2.29. The second-order valence-electron chi connectivity index (χ2n) is 4.67. The van der Waals surface area contributed by atoms with Crippen molar-refractivity contribution in [3.8, 4) is 11.5 Å². The molecule has 0 saturated carbocycles. The molecule has 0 aliphatic carbocycles. The SMILES string of the molecule is COc1cc(C=C2C(=O)OC(C)(C)OC2=O)ccc1O. The summed E-state index contributed by atoms with van der Waals surface area (Å²) >= 11 is 0. The van der Waals surface area contributed by atoms with Crippen LogP contribution in [0.15, 0.2) is 23.8 Å². The first-order valence-electron chi connectivity index (χ1n) is 5.88. The van der Waals surface area contributed by atoms with Gasteiger partial charge in [0.05, 0.1) is 7.11 Å². The topological polar surface area (TPSA) is 82.1 Å². The Morgan fingerprint density at radius 1 is 1.20 bits per heavy atom. The van der Waals surface area contributed by atoms with E-state index in [1.807, 2.05) is 0 Å². The first kappa shape index (κ1) is 13.9. The number of phenols is 1. The summed E-state index contributed by atoms with van der Waals surface area (Å²) in [5.41, 5.74) is 0.292. The van der Waals surface area contributed by atoms with Gasteiger partial charge in [-0.1, -0.05) is 6.07 Å². The van der Waals surface area contributed by atoms with Crippen LogP contribution in [0, 0.1) is 0 Å². The summed E-state index contributed by atoms with van der Waals surface area (Å²) < 4.78 is 14.9. The molecular weight excluding hydrogens is 264 g/mol. The van der Waals surface area contributed by atoms with Crippen LogP contribution in [-0.4, -0.2) is 29.9 Å². The first-order chi connectivity index (χ1) is 9.32. The van der Waals surface area contributed by atoms with Crippen LogP contribution in [0.25, 0.3) is 6.08 Å². The predicted molar refractivity (Wildman–Crippen MR) is 68.9 cm³/mol. The van der Waals surface area contributed by atoms with Gasteiger partial charge in [-0.3, -0.25) is 0 Å². The fourth-order valence-corrected chi connectivity index (χ4v) is 1.73. The fourth-order valence-electron chi connectivity index (χ4n) is 1.73. The summed E-state index contributed by atoms with van der Waals surface area (Å²) in [5, 5.41) is 9.48. The van der Waals surface area contributed by atoms with E-state index in [0.717, 1.165) is 0 Å². The Bertz CT molecular complexity index is 578. The van der Waals surface area contributed by atoms with E-state index in [1.165, 1.54) is 45.2 Å². The zero-order valence-corrected chi connectivity index (χ0v) is 11.3. The van der Waals surface area contributed by atoms with Gasteiger partial charge in [-0.2, -0.15) is 0 Å². The lowest BCUT2D eigenvalue weighted by Gasteiger charge is -2.29. The second kappa shape index (κ2) is 4.88. The highest BCUT2D eigenvalue weighted by Gasteiger charge is 2.38. The van der Waals surface area contributed by atoms with Crippen LogP contribution in [0.1, 0.15) is 19.4 Å². The number of rotatable bonds is 2. The van der Waals surface area contributed by atoms with E-state index in [0.29, 0.717) is 5.56 Å². The molecule has 1 aliphatic heterocycles. The van der Waals surface area contributed by atoms with Crippen molar-refractivity contribution in [3.05, 3.63) is 29.3 Å². The van der Waals surface area contributed by atoms with Gasteiger partial charge in [0, 0.05) is 13.8 Å². The predicted octanol–water partition coefficient (Wildman–Crippen LogP) is 1.62. The quantitative estimate of drug-likeness (QED) is 0.503. The van der Waals surface area contributed by atoms with Gasteiger partial charge >= 0.3 is 11.9 Å². The monoisotopic (exact) mass is 278 g/mol. The molecule has 1 heterocycles. The summed E-state index contributed by atoms with van der Waals surface area (Å²) in [6, 6.07) is 4.42. The molecule has 0 amide bonds. The van der Waals surface area contributed by atoms with Crippen LogP contribution in [0.5, 0.6) is 11.5 Å². The summed E-state index contributed by atoms with van der Waals surface area (Å²) in [5.74, 6) is -2.57. The Morgan fingerprint density at radius 2 is 1.80 bits per heavy atom. The van der Waals surface area contributed by atoms with Gasteiger partial charge in [0.25, 0.3) is 5.79 Å².